The molecule has 0 N–H and O–H groups in total. The Bertz CT molecular complexity index is 727. The smallest absolute Gasteiger partial charge is 0.251 e. The number of fused-ring (bicyclic) bond motifs is 1. The van der Waals surface area contributed by atoms with E-state index in [1.54, 1.807) is 0 Å². The van der Waals surface area contributed by atoms with Crippen molar-refractivity contribution in [3.63, 3.8) is 0 Å². The van der Waals surface area contributed by atoms with Crippen LogP contribution in [-0.2, 0) is 14.3 Å². The van der Waals surface area contributed by atoms with E-state index >= 15 is 0 Å². The van der Waals surface area contributed by atoms with Gasteiger partial charge in [0.2, 0.25) is 0 Å². The lowest BCUT2D eigenvalue weighted by Gasteiger charge is -2.32. The number of nitrogens with zero attached hydrogens (tertiary/aromatic N) is 2. The van der Waals surface area contributed by atoms with Gasteiger partial charge in [-0.25, -0.2) is 4.98 Å². The molecule has 0 unspecified atom stereocenters. The molecule has 2 saturated heterocycles. The van der Waals surface area contributed by atoms with Crippen molar-refractivity contribution in [2.75, 3.05) is 26.3 Å². The summed E-state index contributed by atoms with van der Waals surface area (Å²) in [6.07, 6.45) is 4.79. The van der Waals surface area contributed by atoms with Crippen LogP contribution >= 0.6 is 0 Å². The average molecular weight is 372 g/mol. The fourth-order valence-corrected chi connectivity index (χ4v) is 3.93. The number of para-hydroxylation sites is 2. The second-order valence-corrected chi connectivity index (χ2v) is 7.58. The molecule has 3 heterocycles. The Kier molecular flexibility index (Phi) is 5.74. The number of hydrogen-bond acceptors (Lipinski definition) is 5. The Balaban J connectivity index is 1.27. The molecule has 2 fully saturated rings. The number of aromatic nitrogens is 1. The molecule has 0 radical (unpaired) electrons. The van der Waals surface area contributed by atoms with Crippen LogP contribution in [0.4, 0.5) is 0 Å². The van der Waals surface area contributed by atoms with E-state index in [-0.39, 0.29) is 17.9 Å². The molecular formula is C21H28N2O4. The van der Waals surface area contributed by atoms with Crippen molar-refractivity contribution in [3.8, 4) is 0 Å². The largest absolute Gasteiger partial charge is 0.440 e. The molecule has 2 aromatic rings. The average Bonchev–Trinajstić information content (AvgIpc) is 3.16. The van der Waals surface area contributed by atoms with Gasteiger partial charge in [-0.1, -0.05) is 12.1 Å². The molecule has 0 spiro atoms. The van der Waals surface area contributed by atoms with Gasteiger partial charge in [0.05, 0.1) is 12.7 Å². The van der Waals surface area contributed by atoms with E-state index in [2.05, 4.69) is 4.98 Å². The number of oxazole rings is 1. The lowest BCUT2D eigenvalue weighted by Crippen LogP contribution is -2.44. The summed E-state index contributed by atoms with van der Waals surface area (Å²) in [4.78, 5) is 19.2. The molecule has 2 aliphatic rings. The summed E-state index contributed by atoms with van der Waals surface area (Å²) >= 11 is 0. The van der Waals surface area contributed by atoms with Crippen LogP contribution in [0.15, 0.2) is 28.7 Å². The van der Waals surface area contributed by atoms with Gasteiger partial charge in [0.25, 0.3) is 5.91 Å². The summed E-state index contributed by atoms with van der Waals surface area (Å²) in [5, 5.41) is 0. The molecular weight excluding hydrogens is 344 g/mol. The molecule has 2 atom stereocenters. The van der Waals surface area contributed by atoms with Crippen LogP contribution in [0.1, 0.15) is 50.8 Å². The molecule has 0 saturated carbocycles. The van der Waals surface area contributed by atoms with E-state index in [0.717, 1.165) is 62.4 Å². The highest BCUT2D eigenvalue weighted by Gasteiger charge is 2.30. The predicted molar refractivity (Wildman–Crippen MR) is 102 cm³/mol. The quantitative estimate of drug-likeness (QED) is 0.804. The van der Waals surface area contributed by atoms with E-state index in [1.807, 2.05) is 36.1 Å². The highest BCUT2D eigenvalue weighted by Crippen LogP contribution is 2.30. The number of rotatable bonds is 5. The van der Waals surface area contributed by atoms with Gasteiger partial charge < -0.3 is 18.8 Å². The van der Waals surface area contributed by atoms with Gasteiger partial charge in [-0.3, -0.25) is 4.79 Å². The van der Waals surface area contributed by atoms with Crippen molar-refractivity contribution < 1.29 is 18.7 Å². The fourth-order valence-electron chi connectivity index (χ4n) is 3.93. The standard InChI is InChI=1S/C21H28N2O4/c1-15(26-14-17-6-4-5-13-25-17)21(24)23-11-9-16(10-12-23)20-22-18-7-2-3-8-19(18)27-20/h2-3,7-8,15-17H,4-6,9-14H2,1H3/t15-,17-/m1/s1. The van der Waals surface area contributed by atoms with E-state index in [4.69, 9.17) is 13.9 Å². The molecule has 27 heavy (non-hydrogen) atoms. The number of likely N-dealkylation sites (tertiary alicyclic amines) is 1. The maximum absolute atomic E-state index is 12.7. The first-order valence-electron chi connectivity index (χ1n) is 10.1. The molecule has 1 aromatic heterocycles. The highest BCUT2D eigenvalue weighted by atomic mass is 16.5. The van der Waals surface area contributed by atoms with Crippen LogP contribution in [0, 0.1) is 0 Å². The summed E-state index contributed by atoms with van der Waals surface area (Å²) in [6, 6.07) is 7.84. The number of hydrogen-bond donors (Lipinski definition) is 0. The Morgan fingerprint density at radius 1 is 1.26 bits per heavy atom. The maximum atomic E-state index is 12.7. The van der Waals surface area contributed by atoms with Gasteiger partial charge >= 0.3 is 0 Å². The lowest BCUT2D eigenvalue weighted by atomic mass is 9.96. The van der Waals surface area contributed by atoms with E-state index in [0.29, 0.717) is 6.61 Å². The number of amides is 1. The third kappa shape index (κ3) is 4.33. The number of ether oxygens (including phenoxy) is 2. The first kappa shape index (κ1) is 18.4. The summed E-state index contributed by atoms with van der Waals surface area (Å²) in [5.41, 5.74) is 1.73. The van der Waals surface area contributed by atoms with Crippen LogP contribution in [0.2, 0.25) is 0 Å². The van der Waals surface area contributed by atoms with Gasteiger partial charge in [0.1, 0.15) is 11.6 Å². The topological polar surface area (TPSA) is 64.8 Å². The lowest BCUT2D eigenvalue weighted by molar-refractivity contribution is -0.147. The minimum Gasteiger partial charge on any atom is -0.440 e. The third-order valence-electron chi connectivity index (χ3n) is 5.62. The van der Waals surface area contributed by atoms with Gasteiger partial charge in [-0.2, -0.15) is 0 Å². The Morgan fingerprint density at radius 3 is 2.81 bits per heavy atom. The van der Waals surface area contributed by atoms with Crippen molar-refractivity contribution in [2.24, 2.45) is 0 Å². The fraction of sp³-hybridized carbons (Fsp3) is 0.619. The number of carbonyl (C=O) groups is 1. The minimum atomic E-state index is -0.420. The second-order valence-electron chi connectivity index (χ2n) is 7.58. The molecule has 2 aliphatic heterocycles. The van der Waals surface area contributed by atoms with E-state index in [9.17, 15) is 4.79 Å². The van der Waals surface area contributed by atoms with Gasteiger partial charge in [-0.05, 0) is 51.2 Å². The first-order chi connectivity index (χ1) is 13.2. The number of benzene rings is 1. The van der Waals surface area contributed by atoms with E-state index in [1.165, 1.54) is 6.42 Å². The normalized spacial score (nSPS) is 22.9. The SMILES string of the molecule is C[C@@H](OC[C@H]1CCCCO1)C(=O)N1CCC(c2nc3ccccc3o2)CC1. The molecule has 6 nitrogen and oxygen atoms in total. The zero-order valence-electron chi connectivity index (χ0n) is 15.9. The molecule has 0 aliphatic carbocycles. The summed E-state index contributed by atoms with van der Waals surface area (Å²) in [7, 11) is 0. The third-order valence-corrected chi connectivity index (χ3v) is 5.62. The Hall–Kier alpha value is -1.92. The number of piperidine rings is 1. The van der Waals surface area contributed by atoms with Crippen LogP contribution in [0.3, 0.4) is 0 Å². The van der Waals surface area contributed by atoms with Crippen LogP contribution < -0.4 is 0 Å². The van der Waals surface area contributed by atoms with Crippen molar-refractivity contribution in [2.45, 2.75) is 57.2 Å². The molecule has 1 amide bonds. The first-order valence-corrected chi connectivity index (χ1v) is 10.1. The monoisotopic (exact) mass is 372 g/mol. The van der Waals surface area contributed by atoms with Crippen molar-refractivity contribution in [3.05, 3.63) is 30.2 Å². The molecule has 6 heteroatoms. The van der Waals surface area contributed by atoms with Crippen LogP contribution in [0.5, 0.6) is 0 Å². The van der Waals surface area contributed by atoms with E-state index < -0.39 is 6.10 Å². The van der Waals surface area contributed by atoms with Gasteiger partial charge in [0, 0.05) is 25.6 Å². The molecule has 0 bridgehead atoms. The summed E-state index contributed by atoms with van der Waals surface area (Å²) in [6.45, 7) is 4.59. The Morgan fingerprint density at radius 2 is 2.07 bits per heavy atom. The summed E-state index contributed by atoms with van der Waals surface area (Å²) < 4.78 is 17.4. The summed E-state index contributed by atoms with van der Waals surface area (Å²) in [5.74, 6) is 1.14. The zero-order chi connectivity index (χ0) is 18.6. The van der Waals surface area contributed by atoms with Crippen LogP contribution in [0.25, 0.3) is 11.1 Å². The minimum absolute atomic E-state index is 0.0711. The van der Waals surface area contributed by atoms with Gasteiger partial charge in [0.15, 0.2) is 11.5 Å². The van der Waals surface area contributed by atoms with Crippen molar-refractivity contribution >= 4 is 17.0 Å². The highest BCUT2D eigenvalue weighted by molar-refractivity contribution is 5.80. The predicted octanol–water partition coefficient (Wildman–Crippen LogP) is 3.51. The van der Waals surface area contributed by atoms with Gasteiger partial charge in [-0.15, -0.1) is 0 Å². The molecule has 4 rings (SSSR count). The zero-order valence-corrected chi connectivity index (χ0v) is 15.9. The molecule has 146 valence electrons. The molecule has 1 aromatic carbocycles. The van der Waals surface area contributed by atoms with Crippen molar-refractivity contribution in [1.29, 1.82) is 0 Å². The second kappa shape index (κ2) is 8.40. The Labute approximate surface area is 159 Å². The number of carbonyl (C=O) groups excluding carboxylic acids is 1. The van der Waals surface area contributed by atoms with Crippen LogP contribution in [-0.4, -0.2) is 54.3 Å². The maximum Gasteiger partial charge on any atom is 0.251 e. The van der Waals surface area contributed by atoms with Crippen molar-refractivity contribution in [1.82, 2.24) is 9.88 Å².